The Morgan fingerprint density at radius 2 is 2.57 bits per heavy atom. The molecule has 0 aliphatic carbocycles. The van der Waals surface area contributed by atoms with Gasteiger partial charge in [-0.05, 0) is 6.42 Å². The molecule has 14 heavy (non-hydrogen) atoms. The van der Waals surface area contributed by atoms with Crippen LogP contribution in [0.15, 0.2) is 12.5 Å². The zero-order valence-electron chi connectivity index (χ0n) is 8.29. The molecule has 1 amide bonds. The summed E-state index contributed by atoms with van der Waals surface area (Å²) in [5.41, 5.74) is 6.55. The van der Waals surface area contributed by atoms with E-state index >= 15 is 0 Å². The number of carbonyl (C=O) groups excluding carboxylic acids is 1. The van der Waals surface area contributed by atoms with Crippen LogP contribution in [0.2, 0.25) is 0 Å². The quantitative estimate of drug-likeness (QED) is 0.610. The first-order valence-electron chi connectivity index (χ1n) is 4.74. The molecule has 1 aromatic rings. The first-order chi connectivity index (χ1) is 6.74. The number of nitrogens with one attached hydrogen (secondary N) is 2. The predicted molar refractivity (Wildman–Crippen MR) is 53.6 cm³/mol. The van der Waals surface area contributed by atoms with Gasteiger partial charge in [-0.15, -0.1) is 0 Å². The molecule has 0 radical (unpaired) electrons. The van der Waals surface area contributed by atoms with E-state index in [0.717, 1.165) is 12.1 Å². The third-order valence-corrected chi connectivity index (χ3v) is 2.03. The van der Waals surface area contributed by atoms with Crippen molar-refractivity contribution in [3.05, 3.63) is 18.2 Å². The fourth-order valence-electron chi connectivity index (χ4n) is 1.06. The number of amides is 1. The van der Waals surface area contributed by atoms with Gasteiger partial charge in [0, 0.05) is 24.9 Å². The number of aromatic amines is 1. The smallest absolute Gasteiger partial charge is 0.236 e. The molecule has 0 bridgehead atoms. The molecule has 0 aromatic carbocycles. The summed E-state index contributed by atoms with van der Waals surface area (Å²) in [6.07, 6.45) is 4.78. The van der Waals surface area contributed by atoms with Gasteiger partial charge in [-0.25, -0.2) is 4.98 Å². The molecule has 0 fully saturated rings. The van der Waals surface area contributed by atoms with Crippen LogP contribution >= 0.6 is 0 Å². The maximum Gasteiger partial charge on any atom is 0.236 e. The van der Waals surface area contributed by atoms with Crippen LogP contribution in [0.5, 0.6) is 0 Å². The molecule has 78 valence electrons. The minimum absolute atomic E-state index is 0.0907. The average molecular weight is 196 g/mol. The third kappa shape index (κ3) is 3.18. The van der Waals surface area contributed by atoms with Gasteiger partial charge in [-0.2, -0.15) is 0 Å². The van der Waals surface area contributed by atoms with E-state index < -0.39 is 6.04 Å². The average Bonchev–Trinajstić information content (AvgIpc) is 2.69. The molecule has 5 nitrogen and oxygen atoms in total. The summed E-state index contributed by atoms with van der Waals surface area (Å²) in [5, 5.41) is 2.76. The molecule has 0 saturated carbocycles. The minimum Gasteiger partial charge on any atom is -0.354 e. The maximum atomic E-state index is 11.2. The Bertz CT molecular complexity index is 270. The monoisotopic (exact) mass is 196 g/mol. The van der Waals surface area contributed by atoms with Gasteiger partial charge >= 0.3 is 0 Å². The van der Waals surface area contributed by atoms with Crippen molar-refractivity contribution >= 4 is 5.91 Å². The van der Waals surface area contributed by atoms with Gasteiger partial charge < -0.3 is 16.0 Å². The molecule has 0 spiro atoms. The Morgan fingerprint density at radius 1 is 1.79 bits per heavy atom. The highest BCUT2D eigenvalue weighted by Crippen LogP contribution is 1.91. The summed E-state index contributed by atoms with van der Waals surface area (Å²) in [7, 11) is 0. The van der Waals surface area contributed by atoms with E-state index in [0.29, 0.717) is 13.0 Å². The van der Waals surface area contributed by atoms with E-state index in [1.807, 2.05) is 6.92 Å². The summed E-state index contributed by atoms with van der Waals surface area (Å²) in [6, 6.07) is -0.392. The first-order valence-corrected chi connectivity index (χ1v) is 4.74. The Labute approximate surface area is 83.1 Å². The van der Waals surface area contributed by atoms with Crippen molar-refractivity contribution in [2.45, 2.75) is 25.8 Å². The zero-order valence-corrected chi connectivity index (χ0v) is 8.29. The lowest BCUT2D eigenvalue weighted by Gasteiger charge is -2.08. The van der Waals surface area contributed by atoms with Crippen molar-refractivity contribution in [1.29, 1.82) is 0 Å². The predicted octanol–water partition coefficient (Wildman–Crippen LogP) is -0.194. The summed E-state index contributed by atoms with van der Waals surface area (Å²) < 4.78 is 0. The van der Waals surface area contributed by atoms with E-state index in [9.17, 15) is 4.79 Å². The highest BCUT2D eigenvalue weighted by atomic mass is 16.2. The van der Waals surface area contributed by atoms with Crippen LogP contribution in [0, 0.1) is 0 Å². The molecule has 1 atom stereocenters. The molecular formula is C9H16N4O. The molecule has 0 unspecified atom stereocenters. The van der Waals surface area contributed by atoms with Crippen LogP contribution in [0.4, 0.5) is 0 Å². The number of nitrogens with two attached hydrogens (primary N) is 1. The highest BCUT2D eigenvalue weighted by molar-refractivity contribution is 5.81. The number of nitrogens with zero attached hydrogens (tertiary/aromatic N) is 1. The number of imidazole rings is 1. The van der Waals surface area contributed by atoms with Gasteiger partial charge in [0.15, 0.2) is 0 Å². The SMILES string of the molecule is CC[C@@H](N)C(=O)NCCc1cnc[nH]1. The van der Waals surface area contributed by atoms with Crippen LogP contribution in [0.3, 0.4) is 0 Å². The van der Waals surface area contributed by atoms with Gasteiger partial charge in [0.05, 0.1) is 12.4 Å². The number of H-pyrrole nitrogens is 1. The Morgan fingerprint density at radius 3 is 3.14 bits per heavy atom. The van der Waals surface area contributed by atoms with Crippen molar-refractivity contribution in [3.63, 3.8) is 0 Å². The highest BCUT2D eigenvalue weighted by Gasteiger charge is 2.09. The second-order valence-electron chi connectivity index (χ2n) is 3.13. The zero-order chi connectivity index (χ0) is 10.4. The molecule has 4 N–H and O–H groups in total. The second kappa shape index (κ2) is 5.39. The number of carbonyl (C=O) groups is 1. The molecule has 0 aliphatic heterocycles. The van der Waals surface area contributed by atoms with Gasteiger partial charge in [0.1, 0.15) is 0 Å². The normalized spacial score (nSPS) is 12.4. The van der Waals surface area contributed by atoms with Crippen molar-refractivity contribution in [3.8, 4) is 0 Å². The molecule has 5 heteroatoms. The standard InChI is InChI=1S/C9H16N4O/c1-2-8(10)9(14)12-4-3-7-5-11-6-13-7/h5-6,8H,2-4,10H2,1H3,(H,11,13)(H,12,14)/t8-/m1/s1. The van der Waals surface area contributed by atoms with E-state index in [2.05, 4.69) is 15.3 Å². The van der Waals surface area contributed by atoms with E-state index in [1.165, 1.54) is 0 Å². The van der Waals surface area contributed by atoms with Crippen molar-refractivity contribution in [2.75, 3.05) is 6.54 Å². The van der Waals surface area contributed by atoms with Crippen LogP contribution in [0.25, 0.3) is 0 Å². The lowest BCUT2D eigenvalue weighted by Crippen LogP contribution is -2.40. The van der Waals surface area contributed by atoms with Crippen LogP contribution in [-0.2, 0) is 11.2 Å². The van der Waals surface area contributed by atoms with Crippen LogP contribution in [-0.4, -0.2) is 28.5 Å². The summed E-state index contributed by atoms with van der Waals surface area (Å²) in [5.74, 6) is -0.0907. The molecule has 1 rings (SSSR count). The Balaban J connectivity index is 2.18. The largest absolute Gasteiger partial charge is 0.354 e. The number of hydrogen-bond donors (Lipinski definition) is 3. The second-order valence-corrected chi connectivity index (χ2v) is 3.13. The van der Waals surface area contributed by atoms with Gasteiger partial charge in [0.25, 0.3) is 0 Å². The minimum atomic E-state index is -0.392. The number of aromatic nitrogens is 2. The molecular weight excluding hydrogens is 180 g/mol. The number of rotatable bonds is 5. The summed E-state index contributed by atoms with van der Waals surface area (Å²) >= 11 is 0. The lowest BCUT2D eigenvalue weighted by atomic mass is 10.2. The van der Waals surface area contributed by atoms with Crippen molar-refractivity contribution < 1.29 is 4.79 Å². The number of hydrogen-bond acceptors (Lipinski definition) is 3. The van der Waals surface area contributed by atoms with Crippen LogP contribution < -0.4 is 11.1 Å². The van der Waals surface area contributed by atoms with Crippen molar-refractivity contribution in [1.82, 2.24) is 15.3 Å². The van der Waals surface area contributed by atoms with Gasteiger partial charge in [-0.3, -0.25) is 4.79 Å². The molecule has 0 aliphatic rings. The Hall–Kier alpha value is -1.36. The fraction of sp³-hybridized carbons (Fsp3) is 0.556. The molecule has 0 saturated heterocycles. The van der Waals surface area contributed by atoms with E-state index in [4.69, 9.17) is 5.73 Å². The van der Waals surface area contributed by atoms with Crippen molar-refractivity contribution in [2.24, 2.45) is 5.73 Å². The lowest BCUT2D eigenvalue weighted by molar-refractivity contribution is -0.122. The Kier molecular flexibility index (Phi) is 4.12. The molecule has 1 heterocycles. The van der Waals surface area contributed by atoms with E-state index in [1.54, 1.807) is 12.5 Å². The topological polar surface area (TPSA) is 83.8 Å². The third-order valence-electron chi connectivity index (χ3n) is 2.03. The fourth-order valence-corrected chi connectivity index (χ4v) is 1.06. The molecule has 1 aromatic heterocycles. The maximum absolute atomic E-state index is 11.2. The van der Waals surface area contributed by atoms with Crippen LogP contribution in [0.1, 0.15) is 19.0 Å². The summed E-state index contributed by atoms with van der Waals surface area (Å²) in [6.45, 7) is 2.48. The van der Waals surface area contributed by atoms with Gasteiger partial charge in [-0.1, -0.05) is 6.92 Å². The first kappa shape index (κ1) is 10.7. The summed E-state index contributed by atoms with van der Waals surface area (Å²) in [4.78, 5) is 18.1. The van der Waals surface area contributed by atoms with Gasteiger partial charge in [0.2, 0.25) is 5.91 Å². The van der Waals surface area contributed by atoms with E-state index in [-0.39, 0.29) is 5.91 Å².